The standard InChI is InChI=1S/C18H35F3/c1-2-3-4-5-6-7-8-9-10-11-12-13-14-15-16-17(19)18(20)21/h17-18H,2-16H2,1H3. The van der Waals surface area contributed by atoms with Crippen molar-refractivity contribution in [2.45, 2.75) is 116 Å². The Hall–Kier alpha value is -0.210. The van der Waals surface area contributed by atoms with E-state index in [1.807, 2.05) is 0 Å². The first-order valence-corrected chi connectivity index (χ1v) is 9.10. The van der Waals surface area contributed by atoms with Crippen molar-refractivity contribution in [2.75, 3.05) is 0 Å². The average Bonchev–Trinajstić information content (AvgIpc) is 2.47. The van der Waals surface area contributed by atoms with E-state index in [1.54, 1.807) is 0 Å². The van der Waals surface area contributed by atoms with E-state index >= 15 is 0 Å². The van der Waals surface area contributed by atoms with Gasteiger partial charge in [0.2, 0.25) is 0 Å². The Bertz CT molecular complexity index is 195. The highest BCUT2D eigenvalue weighted by Gasteiger charge is 2.17. The normalized spacial score (nSPS) is 13.0. The predicted octanol–water partition coefficient (Wildman–Crippen LogP) is 7.46. The third-order valence-electron chi connectivity index (χ3n) is 4.11. The third-order valence-corrected chi connectivity index (χ3v) is 4.11. The summed E-state index contributed by atoms with van der Waals surface area (Å²) in [6.07, 6.45) is 12.5. The number of halogens is 3. The van der Waals surface area contributed by atoms with Gasteiger partial charge in [-0.25, -0.2) is 13.2 Å². The fourth-order valence-electron chi connectivity index (χ4n) is 2.66. The second-order valence-electron chi connectivity index (χ2n) is 6.24. The van der Waals surface area contributed by atoms with Crippen LogP contribution in [0.5, 0.6) is 0 Å². The highest BCUT2D eigenvalue weighted by atomic mass is 19.3. The van der Waals surface area contributed by atoms with Crippen LogP contribution in [-0.4, -0.2) is 12.6 Å². The summed E-state index contributed by atoms with van der Waals surface area (Å²) in [6.45, 7) is 2.24. The first-order chi connectivity index (χ1) is 10.2. The van der Waals surface area contributed by atoms with E-state index in [2.05, 4.69) is 6.92 Å². The lowest BCUT2D eigenvalue weighted by Crippen LogP contribution is -2.11. The molecule has 1 atom stereocenters. The van der Waals surface area contributed by atoms with Crippen molar-refractivity contribution < 1.29 is 13.2 Å². The summed E-state index contributed by atoms with van der Waals surface area (Å²) in [5.74, 6) is 0. The van der Waals surface area contributed by atoms with Crippen LogP contribution in [0.4, 0.5) is 13.2 Å². The van der Waals surface area contributed by atoms with E-state index in [4.69, 9.17) is 0 Å². The largest absolute Gasteiger partial charge is 0.269 e. The predicted molar refractivity (Wildman–Crippen MR) is 85.8 cm³/mol. The number of unbranched alkanes of at least 4 members (excludes halogenated alkanes) is 13. The van der Waals surface area contributed by atoms with Crippen molar-refractivity contribution >= 4 is 0 Å². The van der Waals surface area contributed by atoms with E-state index in [0.717, 1.165) is 12.8 Å². The van der Waals surface area contributed by atoms with Crippen LogP contribution in [0.2, 0.25) is 0 Å². The van der Waals surface area contributed by atoms with Crippen molar-refractivity contribution in [1.82, 2.24) is 0 Å². The molecule has 0 N–H and O–H groups in total. The number of hydrogen-bond acceptors (Lipinski definition) is 0. The molecule has 3 heteroatoms. The molecule has 0 aromatic heterocycles. The van der Waals surface area contributed by atoms with Gasteiger partial charge >= 0.3 is 0 Å². The Morgan fingerprint density at radius 3 is 1.19 bits per heavy atom. The van der Waals surface area contributed by atoms with Crippen molar-refractivity contribution in [3.05, 3.63) is 0 Å². The van der Waals surface area contributed by atoms with Crippen LogP contribution in [0.3, 0.4) is 0 Å². The second-order valence-corrected chi connectivity index (χ2v) is 6.24. The van der Waals surface area contributed by atoms with E-state index in [-0.39, 0.29) is 6.42 Å². The molecule has 0 spiro atoms. The van der Waals surface area contributed by atoms with Crippen LogP contribution in [0.25, 0.3) is 0 Å². The fraction of sp³-hybridized carbons (Fsp3) is 1.00. The summed E-state index contributed by atoms with van der Waals surface area (Å²) in [5.41, 5.74) is 0. The zero-order valence-corrected chi connectivity index (χ0v) is 13.9. The molecule has 0 aliphatic heterocycles. The van der Waals surface area contributed by atoms with Crippen molar-refractivity contribution in [3.8, 4) is 0 Å². The van der Waals surface area contributed by atoms with Crippen LogP contribution in [0, 0.1) is 0 Å². The summed E-state index contributed by atoms with van der Waals surface area (Å²) in [7, 11) is 0. The van der Waals surface area contributed by atoms with E-state index < -0.39 is 12.6 Å². The van der Waals surface area contributed by atoms with Gasteiger partial charge in [0.1, 0.15) is 0 Å². The van der Waals surface area contributed by atoms with Crippen LogP contribution < -0.4 is 0 Å². The summed E-state index contributed by atoms with van der Waals surface area (Å²) >= 11 is 0. The first-order valence-electron chi connectivity index (χ1n) is 9.10. The molecule has 0 saturated heterocycles. The van der Waals surface area contributed by atoms with Crippen LogP contribution in [0.15, 0.2) is 0 Å². The van der Waals surface area contributed by atoms with Crippen molar-refractivity contribution in [3.63, 3.8) is 0 Å². The lowest BCUT2D eigenvalue weighted by atomic mass is 10.0. The van der Waals surface area contributed by atoms with Crippen molar-refractivity contribution in [2.24, 2.45) is 0 Å². The maximum atomic E-state index is 12.6. The maximum Gasteiger partial charge on any atom is 0.269 e. The number of rotatable bonds is 16. The van der Waals surface area contributed by atoms with Gasteiger partial charge < -0.3 is 0 Å². The zero-order valence-electron chi connectivity index (χ0n) is 13.9. The molecule has 1 unspecified atom stereocenters. The monoisotopic (exact) mass is 308 g/mol. The van der Waals surface area contributed by atoms with Gasteiger partial charge in [0.05, 0.1) is 0 Å². The fourth-order valence-corrected chi connectivity index (χ4v) is 2.66. The summed E-state index contributed by atoms with van der Waals surface area (Å²) in [5, 5.41) is 0. The molecule has 0 aliphatic rings. The maximum absolute atomic E-state index is 12.6. The first kappa shape index (κ1) is 20.8. The second kappa shape index (κ2) is 16.2. The lowest BCUT2D eigenvalue weighted by molar-refractivity contribution is 0.0440. The molecule has 21 heavy (non-hydrogen) atoms. The third kappa shape index (κ3) is 16.0. The molecule has 0 aromatic rings. The van der Waals surface area contributed by atoms with Gasteiger partial charge in [-0.05, 0) is 6.42 Å². The molecule has 0 bridgehead atoms. The van der Waals surface area contributed by atoms with Gasteiger partial charge in [0.25, 0.3) is 6.43 Å². The van der Waals surface area contributed by atoms with Gasteiger partial charge in [-0.1, -0.05) is 96.8 Å². The Morgan fingerprint density at radius 2 is 0.857 bits per heavy atom. The van der Waals surface area contributed by atoms with E-state index in [9.17, 15) is 13.2 Å². The number of hydrogen-bond donors (Lipinski definition) is 0. The van der Waals surface area contributed by atoms with Gasteiger partial charge in [-0.2, -0.15) is 0 Å². The Balaban J connectivity index is 3.03. The quantitative estimate of drug-likeness (QED) is 0.259. The molecular weight excluding hydrogens is 273 g/mol. The van der Waals surface area contributed by atoms with Crippen LogP contribution in [0.1, 0.15) is 103 Å². The molecule has 0 radical (unpaired) electrons. The summed E-state index contributed by atoms with van der Waals surface area (Å²) in [4.78, 5) is 0. The van der Waals surface area contributed by atoms with E-state index in [1.165, 1.54) is 70.6 Å². The summed E-state index contributed by atoms with van der Waals surface area (Å²) in [6, 6.07) is 0. The molecule has 0 saturated carbocycles. The SMILES string of the molecule is CCCCCCCCCCCCCCCCC(F)C(F)F. The number of alkyl halides is 3. The molecule has 0 aromatic carbocycles. The Morgan fingerprint density at radius 1 is 0.524 bits per heavy atom. The smallest absolute Gasteiger partial charge is 0.241 e. The van der Waals surface area contributed by atoms with Gasteiger partial charge in [0.15, 0.2) is 6.17 Å². The minimum atomic E-state index is -2.80. The lowest BCUT2D eigenvalue weighted by Gasteiger charge is -2.06. The average molecular weight is 308 g/mol. The Labute approximate surface area is 129 Å². The Kier molecular flexibility index (Phi) is 16.0. The minimum absolute atomic E-state index is 0.0235. The molecular formula is C18H35F3. The molecule has 0 rings (SSSR count). The zero-order chi connectivity index (χ0) is 15.8. The van der Waals surface area contributed by atoms with Crippen LogP contribution in [-0.2, 0) is 0 Å². The van der Waals surface area contributed by atoms with E-state index in [0.29, 0.717) is 6.42 Å². The molecule has 128 valence electrons. The molecule has 0 nitrogen and oxygen atoms in total. The highest BCUT2D eigenvalue weighted by Crippen LogP contribution is 2.16. The highest BCUT2D eigenvalue weighted by molar-refractivity contribution is 4.58. The van der Waals surface area contributed by atoms with Gasteiger partial charge in [-0.3, -0.25) is 0 Å². The topological polar surface area (TPSA) is 0 Å². The van der Waals surface area contributed by atoms with Gasteiger partial charge in [0, 0.05) is 0 Å². The molecule has 0 aliphatic carbocycles. The molecule has 0 amide bonds. The van der Waals surface area contributed by atoms with Gasteiger partial charge in [-0.15, -0.1) is 0 Å². The van der Waals surface area contributed by atoms with Crippen LogP contribution >= 0.6 is 0 Å². The molecule has 0 heterocycles. The minimum Gasteiger partial charge on any atom is -0.241 e. The summed E-state index contributed by atoms with van der Waals surface area (Å²) < 4.78 is 36.5. The van der Waals surface area contributed by atoms with Crippen molar-refractivity contribution in [1.29, 1.82) is 0 Å². The molecule has 0 fully saturated rings.